The minimum Gasteiger partial charge on any atom is -0.366 e. The second kappa shape index (κ2) is 5.40. The Morgan fingerprint density at radius 3 is 2.42 bits per heavy atom. The van der Waals surface area contributed by atoms with Gasteiger partial charge in [-0.2, -0.15) is 0 Å². The molecule has 0 spiro atoms. The van der Waals surface area contributed by atoms with Gasteiger partial charge >= 0.3 is 0 Å². The Balaban J connectivity index is 2.15. The lowest BCUT2D eigenvalue weighted by atomic mass is 9.97. The Hall–Kier alpha value is -1.88. The number of rotatable bonds is 4. The van der Waals surface area contributed by atoms with Gasteiger partial charge in [0, 0.05) is 17.7 Å². The third-order valence-electron chi connectivity index (χ3n) is 3.74. The molecule has 5 N–H and O–H groups in total. The number of amides is 2. The van der Waals surface area contributed by atoms with Crippen LogP contribution in [0.3, 0.4) is 0 Å². The van der Waals surface area contributed by atoms with E-state index >= 15 is 0 Å². The van der Waals surface area contributed by atoms with Gasteiger partial charge < -0.3 is 16.8 Å². The molecule has 0 radical (unpaired) electrons. The molecule has 0 unspecified atom stereocenters. The Labute approximate surface area is 112 Å². The smallest absolute Gasteiger partial charge is 0.251 e. The van der Waals surface area contributed by atoms with Crippen LogP contribution in [0.15, 0.2) is 24.3 Å². The van der Waals surface area contributed by atoms with Crippen LogP contribution in [0.5, 0.6) is 0 Å². The van der Waals surface area contributed by atoms with E-state index in [1.807, 2.05) is 0 Å². The Morgan fingerprint density at radius 2 is 1.84 bits per heavy atom. The molecule has 1 aliphatic rings. The molecule has 0 aliphatic heterocycles. The molecule has 0 bridgehead atoms. The molecule has 2 rings (SSSR count). The summed E-state index contributed by atoms with van der Waals surface area (Å²) in [6.45, 7) is 0.439. The summed E-state index contributed by atoms with van der Waals surface area (Å²) in [5, 5.41) is 3.01. The summed E-state index contributed by atoms with van der Waals surface area (Å²) in [5.41, 5.74) is 11.5. The number of benzene rings is 1. The fourth-order valence-corrected chi connectivity index (χ4v) is 2.56. The number of carbonyl (C=O) groups excluding carboxylic acids is 2. The average molecular weight is 261 g/mol. The minimum absolute atomic E-state index is 0.199. The first-order chi connectivity index (χ1) is 9.06. The van der Waals surface area contributed by atoms with E-state index < -0.39 is 5.91 Å². The van der Waals surface area contributed by atoms with Crippen molar-refractivity contribution < 1.29 is 9.59 Å². The summed E-state index contributed by atoms with van der Waals surface area (Å²) in [5.74, 6) is -0.737. The molecule has 1 saturated carbocycles. The first kappa shape index (κ1) is 13.5. The highest BCUT2D eigenvalue weighted by molar-refractivity contribution is 5.99. The summed E-state index contributed by atoms with van der Waals surface area (Å²) in [4.78, 5) is 23.3. The van der Waals surface area contributed by atoms with E-state index in [4.69, 9.17) is 11.5 Å². The van der Waals surface area contributed by atoms with Crippen molar-refractivity contribution in [1.82, 2.24) is 5.32 Å². The molecule has 1 aliphatic carbocycles. The van der Waals surface area contributed by atoms with Crippen LogP contribution in [0.2, 0.25) is 0 Å². The number of hydrogen-bond donors (Lipinski definition) is 3. The molecular formula is C14H19N3O2. The Bertz CT molecular complexity index is 493. The summed E-state index contributed by atoms with van der Waals surface area (Å²) in [6, 6.07) is 6.42. The summed E-state index contributed by atoms with van der Waals surface area (Å²) >= 11 is 0. The maximum atomic E-state index is 12.2. The van der Waals surface area contributed by atoms with Gasteiger partial charge in [0.05, 0.1) is 5.54 Å². The molecule has 0 heterocycles. The van der Waals surface area contributed by atoms with Crippen LogP contribution >= 0.6 is 0 Å². The fraction of sp³-hybridized carbons (Fsp3) is 0.429. The Morgan fingerprint density at radius 1 is 1.21 bits per heavy atom. The van der Waals surface area contributed by atoms with Gasteiger partial charge in [-0.05, 0) is 31.0 Å². The van der Waals surface area contributed by atoms with Crippen LogP contribution in [0, 0.1) is 0 Å². The lowest BCUT2D eigenvalue weighted by Crippen LogP contribution is -2.51. The highest BCUT2D eigenvalue weighted by Gasteiger charge is 2.34. The van der Waals surface area contributed by atoms with Crippen LogP contribution < -0.4 is 16.8 Å². The molecule has 1 aromatic carbocycles. The molecule has 5 nitrogen and oxygen atoms in total. The highest BCUT2D eigenvalue weighted by Crippen LogP contribution is 2.28. The van der Waals surface area contributed by atoms with Gasteiger partial charge in [0.2, 0.25) is 5.91 Å². The molecule has 0 atom stereocenters. The molecule has 1 aromatic rings. The topological polar surface area (TPSA) is 98.2 Å². The predicted molar refractivity (Wildman–Crippen MR) is 72.7 cm³/mol. The van der Waals surface area contributed by atoms with Crippen molar-refractivity contribution in [2.45, 2.75) is 31.2 Å². The maximum absolute atomic E-state index is 12.2. The molecule has 0 saturated heterocycles. The van der Waals surface area contributed by atoms with E-state index in [2.05, 4.69) is 5.32 Å². The number of primary amides is 1. The fourth-order valence-electron chi connectivity index (χ4n) is 2.56. The summed E-state index contributed by atoms with van der Waals surface area (Å²) in [7, 11) is 0. The number of nitrogens with one attached hydrogen (secondary N) is 1. The molecular weight excluding hydrogens is 242 g/mol. The summed E-state index contributed by atoms with van der Waals surface area (Å²) in [6.07, 6.45) is 3.98. The average Bonchev–Trinajstić information content (AvgIpc) is 2.88. The predicted octanol–water partition coefficient (Wildman–Crippen LogP) is 0.787. The number of nitrogens with two attached hydrogens (primary N) is 2. The molecule has 102 valence electrons. The normalized spacial score (nSPS) is 17.1. The highest BCUT2D eigenvalue weighted by atomic mass is 16.2. The van der Waals surface area contributed by atoms with E-state index in [1.165, 1.54) is 6.07 Å². The molecule has 0 aromatic heterocycles. The van der Waals surface area contributed by atoms with Gasteiger partial charge in [0.25, 0.3) is 5.91 Å². The first-order valence-electron chi connectivity index (χ1n) is 6.49. The van der Waals surface area contributed by atoms with E-state index in [0.717, 1.165) is 25.7 Å². The quantitative estimate of drug-likeness (QED) is 0.747. The van der Waals surface area contributed by atoms with Crippen molar-refractivity contribution in [2.75, 3.05) is 6.54 Å². The van der Waals surface area contributed by atoms with Gasteiger partial charge in [-0.1, -0.05) is 18.9 Å². The molecule has 2 amide bonds. The first-order valence-corrected chi connectivity index (χ1v) is 6.49. The molecule has 19 heavy (non-hydrogen) atoms. The van der Waals surface area contributed by atoms with E-state index in [0.29, 0.717) is 17.7 Å². The second-order valence-electron chi connectivity index (χ2n) is 5.09. The van der Waals surface area contributed by atoms with E-state index in [9.17, 15) is 9.59 Å². The van der Waals surface area contributed by atoms with Gasteiger partial charge in [0.15, 0.2) is 0 Å². The second-order valence-corrected chi connectivity index (χ2v) is 5.09. The van der Waals surface area contributed by atoms with Crippen molar-refractivity contribution in [3.8, 4) is 0 Å². The lowest BCUT2D eigenvalue weighted by molar-refractivity contribution is 0.0903. The zero-order valence-corrected chi connectivity index (χ0v) is 10.8. The zero-order chi connectivity index (χ0) is 13.9. The van der Waals surface area contributed by atoms with Crippen LogP contribution in [-0.2, 0) is 0 Å². The van der Waals surface area contributed by atoms with E-state index in [-0.39, 0.29) is 11.4 Å². The SMILES string of the molecule is NCC1(NC(=O)c2cccc(C(N)=O)c2)CCCC1. The van der Waals surface area contributed by atoms with Crippen molar-refractivity contribution in [2.24, 2.45) is 11.5 Å². The van der Waals surface area contributed by atoms with Crippen molar-refractivity contribution in [1.29, 1.82) is 0 Å². The minimum atomic E-state index is -0.538. The van der Waals surface area contributed by atoms with Gasteiger partial charge in [-0.15, -0.1) is 0 Å². The van der Waals surface area contributed by atoms with Crippen LogP contribution in [-0.4, -0.2) is 23.9 Å². The van der Waals surface area contributed by atoms with Gasteiger partial charge in [-0.25, -0.2) is 0 Å². The van der Waals surface area contributed by atoms with Crippen LogP contribution in [0.4, 0.5) is 0 Å². The monoisotopic (exact) mass is 261 g/mol. The van der Waals surface area contributed by atoms with Crippen molar-refractivity contribution in [3.05, 3.63) is 35.4 Å². The van der Waals surface area contributed by atoms with Gasteiger partial charge in [0.1, 0.15) is 0 Å². The van der Waals surface area contributed by atoms with Crippen LogP contribution in [0.1, 0.15) is 46.4 Å². The molecule has 1 fully saturated rings. The standard InChI is InChI=1S/C14H19N3O2/c15-9-14(6-1-2-7-14)17-13(19)11-5-3-4-10(8-11)12(16)18/h3-5,8H,1-2,6-7,9,15H2,(H2,16,18)(H,17,19). The molecule has 5 heteroatoms. The zero-order valence-electron chi connectivity index (χ0n) is 10.8. The maximum Gasteiger partial charge on any atom is 0.251 e. The number of carbonyl (C=O) groups is 2. The van der Waals surface area contributed by atoms with Crippen LogP contribution in [0.25, 0.3) is 0 Å². The summed E-state index contributed by atoms with van der Waals surface area (Å²) < 4.78 is 0. The number of hydrogen-bond acceptors (Lipinski definition) is 3. The van der Waals surface area contributed by atoms with Crippen molar-refractivity contribution >= 4 is 11.8 Å². The Kier molecular flexibility index (Phi) is 3.85. The largest absolute Gasteiger partial charge is 0.366 e. The van der Waals surface area contributed by atoms with Crippen molar-refractivity contribution in [3.63, 3.8) is 0 Å². The third-order valence-corrected chi connectivity index (χ3v) is 3.74. The van der Waals surface area contributed by atoms with E-state index in [1.54, 1.807) is 18.2 Å². The third kappa shape index (κ3) is 2.93. The lowest BCUT2D eigenvalue weighted by Gasteiger charge is -2.28. The van der Waals surface area contributed by atoms with Gasteiger partial charge in [-0.3, -0.25) is 9.59 Å².